The number of halogens is 2. The molecule has 2 amide bonds. The molecule has 0 radical (unpaired) electrons. The van der Waals surface area contributed by atoms with Crippen LogP contribution in [0.1, 0.15) is 16.1 Å². The third-order valence-electron chi connectivity index (χ3n) is 4.16. The number of hydrogen-bond donors (Lipinski definition) is 3. The van der Waals surface area contributed by atoms with E-state index >= 15 is 0 Å². The van der Waals surface area contributed by atoms with Crippen molar-refractivity contribution in [2.24, 2.45) is 0 Å². The summed E-state index contributed by atoms with van der Waals surface area (Å²) in [6.07, 6.45) is 1.54. The van der Waals surface area contributed by atoms with Gasteiger partial charge >= 0.3 is 5.97 Å². The first kappa shape index (κ1) is 22.5. The van der Waals surface area contributed by atoms with Gasteiger partial charge in [-0.3, -0.25) is 9.59 Å². The average molecular weight is 443 g/mol. The SMILES string of the molecule is O=C(COC(=O)c1ccccc1NCc1ccco1)NCC(=O)Nc1ccc(F)c(F)c1. The zero-order valence-corrected chi connectivity index (χ0v) is 16.7. The standard InChI is InChI=1S/C22H19F2N3O5/c23-17-8-7-14(10-18(17)24)27-20(28)12-26-21(29)13-32-22(30)16-5-1-2-6-19(16)25-11-15-4-3-9-31-15/h1-10,25H,11-13H2,(H,26,29)(H,27,28). The molecule has 0 unspecified atom stereocenters. The summed E-state index contributed by atoms with van der Waals surface area (Å²) in [7, 11) is 0. The molecule has 2 aromatic carbocycles. The molecule has 8 nitrogen and oxygen atoms in total. The quantitative estimate of drug-likeness (QED) is 0.439. The van der Waals surface area contributed by atoms with Crippen LogP contribution in [0, 0.1) is 11.6 Å². The second kappa shape index (κ2) is 10.7. The molecular weight excluding hydrogens is 424 g/mol. The molecule has 3 rings (SSSR count). The Morgan fingerprint density at radius 3 is 2.50 bits per heavy atom. The molecule has 0 aliphatic heterocycles. The molecular formula is C22H19F2N3O5. The topological polar surface area (TPSA) is 110 Å². The van der Waals surface area contributed by atoms with E-state index in [0.717, 1.165) is 12.1 Å². The Balaban J connectivity index is 1.45. The number of para-hydroxylation sites is 1. The molecule has 3 aromatic rings. The van der Waals surface area contributed by atoms with Crippen LogP contribution in [0.15, 0.2) is 65.3 Å². The first-order valence-corrected chi connectivity index (χ1v) is 9.46. The molecule has 1 aromatic heterocycles. The molecule has 0 spiro atoms. The normalized spacial score (nSPS) is 10.3. The number of amides is 2. The van der Waals surface area contributed by atoms with Crippen LogP contribution >= 0.6 is 0 Å². The molecule has 3 N–H and O–H groups in total. The van der Waals surface area contributed by atoms with Crippen LogP contribution in [-0.4, -0.2) is 30.9 Å². The molecule has 0 aliphatic rings. The summed E-state index contributed by atoms with van der Waals surface area (Å²) >= 11 is 0. The lowest BCUT2D eigenvalue weighted by molar-refractivity contribution is -0.126. The minimum Gasteiger partial charge on any atom is -0.467 e. The molecule has 0 bridgehead atoms. The summed E-state index contributed by atoms with van der Waals surface area (Å²) in [5, 5.41) is 7.63. The molecule has 0 atom stereocenters. The fourth-order valence-electron chi connectivity index (χ4n) is 2.63. The zero-order chi connectivity index (χ0) is 22.9. The van der Waals surface area contributed by atoms with Crippen LogP contribution < -0.4 is 16.0 Å². The van der Waals surface area contributed by atoms with Gasteiger partial charge in [-0.1, -0.05) is 12.1 Å². The minimum atomic E-state index is -1.11. The number of benzene rings is 2. The number of hydrogen-bond acceptors (Lipinski definition) is 6. The van der Waals surface area contributed by atoms with E-state index in [1.807, 2.05) is 0 Å². The molecule has 0 saturated heterocycles. The first-order valence-electron chi connectivity index (χ1n) is 9.46. The van der Waals surface area contributed by atoms with Crippen molar-refractivity contribution in [3.05, 3.63) is 83.8 Å². The molecule has 0 saturated carbocycles. The number of esters is 1. The highest BCUT2D eigenvalue weighted by Crippen LogP contribution is 2.17. The van der Waals surface area contributed by atoms with E-state index in [1.165, 1.54) is 12.3 Å². The summed E-state index contributed by atoms with van der Waals surface area (Å²) in [6.45, 7) is -0.703. The van der Waals surface area contributed by atoms with Crippen LogP contribution in [0.2, 0.25) is 0 Å². The lowest BCUT2D eigenvalue weighted by atomic mass is 10.2. The monoisotopic (exact) mass is 443 g/mol. The maximum absolute atomic E-state index is 13.2. The number of furan rings is 1. The van der Waals surface area contributed by atoms with Gasteiger partial charge in [-0.2, -0.15) is 0 Å². The van der Waals surface area contributed by atoms with Crippen LogP contribution in [0.4, 0.5) is 20.2 Å². The number of carbonyl (C=O) groups excluding carboxylic acids is 3. The van der Waals surface area contributed by atoms with Crippen molar-refractivity contribution in [1.29, 1.82) is 0 Å². The average Bonchev–Trinajstić information content (AvgIpc) is 3.31. The third-order valence-corrected chi connectivity index (χ3v) is 4.16. The zero-order valence-electron chi connectivity index (χ0n) is 16.7. The largest absolute Gasteiger partial charge is 0.467 e. The van der Waals surface area contributed by atoms with Crippen molar-refractivity contribution >= 4 is 29.2 Å². The van der Waals surface area contributed by atoms with Gasteiger partial charge in [0.15, 0.2) is 18.2 Å². The summed E-state index contributed by atoms with van der Waals surface area (Å²) in [4.78, 5) is 36.1. The predicted octanol–water partition coefficient (Wildman–Crippen LogP) is 3.08. The van der Waals surface area contributed by atoms with E-state index in [0.29, 0.717) is 18.0 Å². The predicted molar refractivity (Wildman–Crippen MR) is 111 cm³/mol. The van der Waals surface area contributed by atoms with Gasteiger partial charge in [0.25, 0.3) is 5.91 Å². The van der Waals surface area contributed by atoms with E-state index < -0.39 is 42.6 Å². The van der Waals surface area contributed by atoms with Gasteiger partial charge in [0.1, 0.15) is 5.76 Å². The first-order chi connectivity index (χ1) is 15.4. The highest BCUT2D eigenvalue weighted by atomic mass is 19.2. The summed E-state index contributed by atoms with van der Waals surface area (Å²) in [6, 6.07) is 13.0. The smallest absolute Gasteiger partial charge is 0.340 e. The highest BCUT2D eigenvalue weighted by molar-refractivity contribution is 5.97. The van der Waals surface area contributed by atoms with E-state index in [9.17, 15) is 23.2 Å². The minimum absolute atomic E-state index is 0.0354. The van der Waals surface area contributed by atoms with Crippen molar-refractivity contribution in [2.45, 2.75) is 6.54 Å². The molecule has 0 aliphatic carbocycles. The van der Waals surface area contributed by atoms with Crippen molar-refractivity contribution in [2.75, 3.05) is 23.8 Å². The Kier molecular flexibility index (Phi) is 7.52. The fourth-order valence-corrected chi connectivity index (χ4v) is 2.63. The Hall–Kier alpha value is -4.21. The Bertz CT molecular complexity index is 1100. The maximum atomic E-state index is 13.2. The number of ether oxygens (including phenoxy) is 1. The van der Waals surface area contributed by atoms with Crippen LogP contribution in [-0.2, 0) is 20.9 Å². The second-order valence-corrected chi connectivity index (χ2v) is 6.51. The van der Waals surface area contributed by atoms with Gasteiger partial charge in [0.05, 0.1) is 24.9 Å². The van der Waals surface area contributed by atoms with E-state index in [2.05, 4.69) is 16.0 Å². The van der Waals surface area contributed by atoms with Crippen molar-refractivity contribution in [1.82, 2.24) is 5.32 Å². The van der Waals surface area contributed by atoms with Gasteiger partial charge in [-0.15, -0.1) is 0 Å². The maximum Gasteiger partial charge on any atom is 0.340 e. The number of carbonyl (C=O) groups is 3. The van der Waals surface area contributed by atoms with Crippen molar-refractivity contribution in [3.8, 4) is 0 Å². The Labute approximate surface area is 181 Å². The van der Waals surface area contributed by atoms with Crippen molar-refractivity contribution < 1.29 is 32.3 Å². The number of nitrogens with one attached hydrogen (secondary N) is 3. The van der Waals surface area contributed by atoms with E-state index in [-0.39, 0.29) is 11.3 Å². The molecule has 1 heterocycles. The van der Waals surface area contributed by atoms with Gasteiger partial charge < -0.3 is 25.1 Å². The summed E-state index contributed by atoms with van der Waals surface area (Å²) < 4.78 is 36.3. The number of rotatable bonds is 9. The summed E-state index contributed by atoms with van der Waals surface area (Å²) in [5.74, 6) is -3.58. The lowest BCUT2D eigenvalue weighted by Gasteiger charge is -2.11. The Morgan fingerprint density at radius 1 is 0.938 bits per heavy atom. The lowest BCUT2D eigenvalue weighted by Crippen LogP contribution is -2.35. The van der Waals surface area contributed by atoms with Gasteiger partial charge in [0.2, 0.25) is 5.91 Å². The Morgan fingerprint density at radius 2 is 1.75 bits per heavy atom. The third kappa shape index (κ3) is 6.39. The summed E-state index contributed by atoms with van der Waals surface area (Å²) in [5.41, 5.74) is 0.761. The van der Waals surface area contributed by atoms with Crippen LogP contribution in [0.25, 0.3) is 0 Å². The molecule has 32 heavy (non-hydrogen) atoms. The molecule has 0 fully saturated rings. The van der Waals surface area contributed by atoms with Crippen molar-refractivity contribution in [3.63, 3.8) is 0 Å². The van der Waals surface area contributed by atoms with E-state index in [1.54, 1.807) is 36.4 Å². The number of anilines is 2. The van der Waals surface area contributed by atoms with Crippen LogP contribution in [0.5, 0.6) is 0 Å². The van der Waals surface area contributed by atoms with E-state index in [4.69, 9.17) is 9.15 Å². The molecule has 10 heteroatoms. The highest BCUT2D eigenvalue weighted by Gasteiger charge is 2.15. The fraction of sp³-hybridized carbons (Fsp3) is 0.136. The molecule has 166 valence electrons. The van der Waals surface area contributed by atoms with Gasteiger partial charge in [0, 0.05) is 17.4 Å². The van der Waals surface area contributed by atoms with Gasteiger partial charge in [-0.05, 0) is 36.4 Å². The van der Waals surface area contributed by atoms with Crippen LogP contribution in [0.3, 0.4) is 0 Å². The van der Waals surface area contributed by atoms with Gasteiger partial charge in [-0.25, -0.2) is 13.6 Å². The second-order valence-electron chi connectivity index (χ2n) is 6.51.